The molecule has 632 valence electrons. The molecule has 18 heteroatoms. The van der Waals surface area contributed by atoms with Gasteiger partial charge < -0.3 is 34.2 Å². The molecule has 0 fully saturated rings. The molecule has 0 aromatic carbocycles. The molecule has 0 aliphatic rings. The van der Waals surface area contributed by atoms with E-state index in [9.17, 15) is 43.5 Å². The molecule has 0 aromatic heterocycles. The van der Waals surface area contributed by atoms with Crippen molar-refractivity contribution >= 4 is 33.6 Å². The zero-order chi connectivity index (χ0) is 80.8. The highest BCUT2D eigenvalue weighted by Crippen LogP contribution is 2.45. The molecular formula is C93H154O16P2. The van der Waals surface area contributed by atoms with Crippen molar-refractivity contribution in [3.05, 3.63) is 182 Å². The van der Waals surface area contributed by atoms with E-state index in [1.165, 1.54) is 128 Å². The highest BCUT2D eigenvalue weighted by atomic mass is 31.2. The van der Waals surface area contributed by atoms with Crippen LogP contribution in [0.5, 0.6) is 0 Å². The van der Waals surface area contributed by atoms with Gasteiger partial charge in [0.05, 0.1) is 26.4 Å². The minimum atomic E-state index is -4.96. The smallest absolute Gasteiger partial charge is 0.463 e. The van der Waals surface area contributed by atoms with Crippen molar-refractivity contribution in [2.24, 2.45) is 0 Å². The van der Waals surface area contributed by atoms with E-state index >= 15 is 0 Å². The molecular weight excluding hydrogens is 1430 g/mol. The molecule has 0 spiro atoms. The van der Waals surface area contributed by atoms with Crippen LogP contribution in [0.1, 0.15) is 329 Å². The summed E-state index contributed by atoms with van der Waals surface area (Å²) in [5.74, 6) is -1.67. The first-order valence-electron chi connectivity index (χ1n) is 43.1. The van der Waals surface area contributed by atoms with Crippen LogP contribution in [0.4, 0.5) is 0 Å². The van der Waals surface area contributed by atoms with E-state index in [-0.39, 0.29) is 19.3 Å². The normalized spacial score (nSPS) is 14.8. The first kappa shape index (κ1) is 106. The molecule has 0 saturated carbocycles. The topological polar surface area (TPSA) is 231 Å². The number of esters is 3. The number of carbonyl (C=O) groups is 3. The number of unbranched alkanes of at least 4 members (excludes halogenated alkanes) is 27. The second-order valence-corrected chi connectivity index (χ2v) is 31.1. The summed E-state index contributed by atoms with van der Waals surface area (Å²) in [6.07, 6.45) is 110. The van der Waals surface area contributed by atoms with Gasteiger partial charge in [0, 0.05) is 19.3 Å². The van der Waals surface area contributed by atoms with E-state index in [1.807, 2.05) is 0 Å². The van der Waals surface area contributed by atoms with Crippen LogP contribution in [0, 0.1) is 0 Å². The standard InChI is InChI=1S/C93H154O16P2/c1-4-7-10-13-16-19-22-25-28-31-34-36-37-38-39-40-41-42-43-44-45-46-47-48-49-51-54-55-58-61-64-67-70-73-76-79-91(96)103-82-88(94)83-105-110(99,100)106-84-89(95)85-107-111(101,102)108-87-90(109-93(98)81-78-75-72-69-66-63-60-57-52-33-30-27-24-21-18-15-12-9-6-3)86-104-92(97)80-77-74-71-68-65-62-59-56-53-50-35-32-29-26-23-20-17-14-11-8-5-2/h8-9,11-12,16-21,25-30,34-36,38-39,50,52,56-57,59,63,65-66,68,88-90,94-95H,4-7,10,13-15,22-24,31-33,37,40-49,51,53-55,58,60-62,64,67,69-87H2,1-3H3,(H,99,100)(H,101,102)/b11-8-,12-9-,19-16-,20-17-,21-18-,28-25-,29-26-,30-27-,36-34-,39-38-,50-35-,57-52-,59-56-,66-63-,68-65-. The summed E-state index contributed by atoms with van der Waals surface area (Å²) in [6, 6.07) is 0. The number of carbonyl (C=O) groups excluding carboxylic acids is 3. The summed E-state index contributed by atoms with van der Waals surface area (Å²) < 4.78 is 61.2. The van der Waals surface area contributed by atoms with Crippen molar-refractivity contribution in [2.75, 3.05) is 39.6 Å². The van der Waals surface area contributed by atoms with Gasteiger partial charge in [-0.2, -0.15) is 0 Å². The first-order chi connectivity index (χ1) is 54.2. The van der Waals surface area contributed by atoms with Crippen LogP contribution < -0.4 is 0 Å². The maximum absolute atomic E-state index is 13.0. The molecule has 0 saturated heterocycles. The lowest BCUT2D eigenvalue weighted by Crippen LogP contribution is -2.30. The summed E-state index contributed by atoms with van der Waals surface area (Å²) in [6.45, 7) is 2.34. The number of hydrogen-bond donors (Lipinski definition) is 4. The van der Waals surface area contributed by atoms with Gasteiger partial charge in [0.1, 0.15) is 25.4 Å². The molecule has 5 unspecified atom stereocenters. The number of phosphoric acid groups is 2. The minimum Gasteiger partial charge on any atom is -0.463 e. The Hall–Kier alpha value is -5.35. The first-order valence-corrected chi connectivity index (χ1v) is 46.1. The van der Waals surface area contributed by atoms with E-state index in [0.717, 1.165) is 141 Å². The quantitative estimate of drug-likeness (QED) is 0.0146. The molecule has 16 nitrogen and oxygen atoms in total. The van der Waals surface area contributed by atoms with Crippen LogP contribution in [0.2, 0.25) is 0 Å². The average Bonchev–Trinajstić information content (AvgIpc) is 0.902. The fourth-order valence-electron chi connectivity index (χ4n) is 11.1. The molecule has 0 amide bonds. The number of aliphatic hydroxyl groups excluding tert-OH is 2. The summed E-state index contributed by atoms with van der Waals surface area (Å²) in [5, 5.41) is 20.7. The number of allylic oxidation sites excluding steroid dienone is 30. The van der Waals surface area contributed by atoms with Crippen LogP contribution in [0.3, 0.4) is 0 Å². The van der Waals surface area contributed by atoms with Gasteiger partial charge in [0.15, 0.2) is 6.10 Å². The Labute approximate surface area is 675 Å². The molecule has 4 N–H and O–H groups in total. The van der Waals surface area contributed by atoms with Crippen LogP contribution >= 0.6 is 15.6 Å². The Morgan fingerprint density at radius 1 is 0.261 bits per heavy atom. The number of hydrogen-bond acceptors (Lipinski definition) is 14. The lowest BCUT2D eigenvalue weighted by atomic mass is 10.0. The number of phosphoric ester groups is 2. The summed E-state index contributed by atoms with van der Waals surface area (Å²) in [7, 11) is -9.83. The van der Waals surface area contributed by atoms with E-state index in [1.54, 1.807) is 0 Å². The highest BCUT2D eigenvalue weighted by Gasteiger charge is 2.29. The zero-order valence-corrected chi connectivity index (χ0v) is 71.1. The molecule has 0 aliphatic carbocycles. The number of rotatable bonds is 80. The van der Waals surface area contributed by atoms with Crippen molar-refractivity contribution in [2.45, 2.75) is 347 Å². The molecule has 0 aliphatic heterocycles. The Morgan fingerprint density at radius 3 is 0.784 bits per heavy atom. The van der Waals surface area contributed by atoms with Crippen molar-refractivity contribution in [3.63, 3.8) is 0 Å². The predicted octanol–water partition coefficient (Wildman–Crippen LogP) is 26.1. The Bertz CT molecular complexity index is 2750. The monoisotopic (exact) mass is 1590 g/mol. The molecule has 5 atom stereocenters. The second-order valence-electron chi connectivity index (χ2n) is 28.2. The molecule has 0 bridgehead atoms. The van der Waals surface area contributed by atoms with Gasteiger partial charge in [-0.1, -0.05) is 331 Å². The van der Waals surface area contributed by atoms with Gasteiger partial charge in [-0.15, -0.1) is 0 Å². The van der Waals surface area contributed by atoms with E-state index < -0.39 is 91.5 Å². The van der Waals surface area contributed by atoms with Gasteiger partial charge in [0.25, 0.3) is 0 Å². The average molecular weight is 1590 g/mol. The Kier molecular flexibility index (Phi) is 80.0. The van der Waals surface area contributed by atoms with Gasteiger partial charge in [-0.3, -0.25) is 32.5 Å². The maximum atomic E-state index is 13.0. The fourth-order valence-corrected chi connectivity index (χ4v) is 12.7. The Morgan fingerprint density at radius 2 is 0.477 bits per heavy atom. The molecule has 0 aromatic rings. The second kappa shape index (κ2) is 84.1. The van der Waals surface area contributed by atoms with E-state index in [0.29, 0.717) is 19.3 Å². The third-order valence-electron chi connectivity index (χ3n) is 17.6. The number of ether oxygens (including phenoxy) is 3. The lowest BCUT2D eigenvalue weighted by Gasteiger charge is -2.21. The van der Waals surface area contributed by atoms with Crippen LogP contribution in [0.15, 0.2) is 182 Å². The third kappa shape index (κ3) is 85.4. The largest absolute Gasteiger partial charge is 0.472 e. The minimum absolute atomic E-state index is 0.0485. The lowest BCUT2D eigenvalue weighted by molar-refractivity contribution is -0.161. The van der Waals surface area contributed by atoms with Crippen molar-refractivity contribution in [1.29, 1.82) is 0 Å². The van der Waals surface area contributed by atoms with Gasteiger partial charge >= 0.3 is 33.6 Å². The fraction of sp³-hybridized carbons (Fsp3) is 0.645. The van der Waals surface area contributed by atoms with Gasteiger partial charge in [-0.05, 0) is 161 Å². The molecule has 0 heterocycles. The Balaban J connectivity index is 4.54. The van der Waals surface area contributed by atoms with Gasteiger partial charge in [0.2, 0.25) is 0 Å². The third-order valence-corrected chi connectivity index (χ3v) is 19.5. The van der Waals surface area contributed by atoms with Crippen molar-refractivity contribution in [3.8, 4) is 0 Å². The zero-order valence-electron chi connectivity index (χ0n) is 69.3. The highest BCUT2D eigenvalue weighted by molar-refractivity contribution is 7.47. The predicted molar refractivity (Wildman–Crippen MR) is 463 cm³/mol. The molecule has 111 heavy (non-hydrogen) atoms. The summed E-state index contributed by atoms with van der Waals surface area (Å²) >= 11 is 0. The molecule has 0 radical (unpaired) electrons. The summed E-state index contributed by atoms with van der Waals surface area (Å²) in [4.78, 5) is 58.8. The van der Waals surface area contributed by atoms with E-state index in [4.69, 9.17) is 32.3 Å². The van der Waals surface area contributed by atoms with E-state index in [2.05, 4.69) is 203 Å². The SMILES string of the molecule is CC/C=C\C/C=C\C/C=C\C/C=C\C/C=C\C/C=C\CCCCC(=O)OCC(COP(=O)(O)OCC(O)COP(=O)(O)OCC(O)COC(=O)CCCCCCCCCCCCCCCCCCCCC/C=C\C/C=C\C/C=C\C/C=C\CCCCC)OC(=O)CCCCC/C=C\C/C=C\C/C=C\C/C=C\C/C=C\CC. The van der Waals surface area contributed by atoms with Crippen LogP contribution in [0.25, 0.3) is 0 Å². The van der Waals surface area contributed by atoms with Gasteiger partial charge in [-0.25, -0.2) is 9.13 Å². The van der Waals surface area contributed by atoms with Crippen molar-refractivity contribution in [1.82, 2.24) is 0 Å². The summed E-state index contributed by atoms with van der Waals surface area (Å²) in [5.41, 5.74) is 0. The molecule has 0 rings (SSSR count). The van der Waals surface area contributed by atoms with Crippen molar-refractivity contribution < 1.29 is 75.8 Å². The van der Waals surface area contributed by atoms with Crippen LogP contribution in [-0.2, 0) is 55.8 Å². The van der Waals surface area contributed by atoms with Crippen LogP contribution in [-0.4, -0.2) is 95.9 Å². The number of aliphatic hydroxyl groups is 2. The maximum Gasteiger partial charge on any atom is 0.472 e.